The van der Waals surface area contributed by atoms with E-state index in [1.54, 1.807) is 12.1 Å². The van der Waals surface area contributed by atoms with Crippen LogP contribution < -0.4 is 5.32 Å². The Labute approximate surface area is 126 Å². The van der Waals surface area contributed by atoms with Crippen LogP contribution in [0.5, 0.6) is 5.75 Å². The molecule has 1 heterocycles. The van der Waals surface area contributed by atoms with Crippen LogP contribution in [-0.4, -0.2) is 41.6 Å². The Morgan fingerprint density at radius 3 is 2.81 bits per heavy atom. The zero-order chi connectivity index (χ0) is 14.8. The van der Waals surface area contributed by atoms with Crippen LogP contribution in [0.4, 0.5) is 0 Å². The minimum absolute atomic E-state index is 0.0307. The lowest BCUT2D eigenvalue weighted by molar-refractivity contribution is 0.0730. The Hall–Kier alpha value is -1.55. The molecule has 1 unspecified atom stereocenters. The van der Waals surface area contributed by atoms with Gasteiger partial charge in [-0.2, -0.15) is 0 Å². The molecule has 4 heteroatoms. The molecule has 1 aromatic carbocycles. The second-order valence-electron chi connectivity index (χ2n) is 6.47. The molecule has 1 amide bonds. The summed E-state index contributed by atoms with van der Waals surface area (Å²) >= 11 is 0. The number of hydrogen-bond acceptors (Lipinski definition) is 3. The molecule has 0 aromatic heterocycles. The van der Waals surface area contributed by atoms with Crippen LogP contribution in [0.15, 0.2) is 18.2 Å². The summed E-state index contributed by atoms with van der Waals surface area (Å²) in [5, 5.41) is 13.5. The van der Waals surface area contributed by atoms with Crippen molar-refractivity contribution in [3.63, 3.8) is 0 Å². The van der Waals surface area contributed by atoms with E-state index in [0.717, 1.165) is 31.6 Å². The van der Waals surface area contributed by atoms with Crippen molar-refractivity contribution in [3.05, 3.63) is 29.3 Å². The van der Waals surface area contributed by atoms with Gasteiger partial charge in [0.15, 0.2) is 0 Å². The minimum atomic E-state index is -0.0307. The number of carbonyl (C=O) groups excluding carboxylic acids is 1. The fraction of sp³-hybridized carbons (Fsp3) is 0.588. The van der Waals surface area contributed by atoms with Crippen LogP contribution in [0.1, 0.15) is 41.6 Å². The van der Waals surface area contributed by atoms with E-state index < -0.39 is 0 Å². The molecule has 0 radical (unpaired) electrons. The molecule has 2 N–H and O–H groups in total. The molecule has 3 rings (SSSR count). The summed E-state index contributed by atoms with van der Waals surface area (Å²) in [5.41, 5.74) is 1.44. The van der Waals surface area contributed by atoms with Crippen molar-refractivity contribution in [2.24, 2.45) is 5.92 Å². The Bertz CT molecular complexity index is 520. The van der Waals surface area contributed by atoms with Crippen molar-refractivity contribution < 1.29 is 9.90 Å². The Morgan fingerprint density at radius 1 is 1.33 bits per heavy atom. The predicted octanol–water partition coefficient (Wildman–Crippen LogP) is 2.30. The summed E-state index contributed by atoms with van der Waals surface area (Å²) in [6, 6.07) is 5.64. The number of aryl methyl sites for hydroxylation is 1. The molecular weight excluding hydrogens is 264 g/mol. The van der Waals surface area contributed by atoms with Gasteiger partial charge in [-0.25, -0.2) is 0 Å². The van der Waals surface area contributed by atoms with Gasteiger partial charge in [-0.1, -0.05) is 11.6 Å². The lowest BCUT2D eigenvalue weighted by atomic mass is 10.1. The lowest BCUT2D eigenvalue weighted by Gasteiger charge is -2.26. The van der Waals surface area contributed by atoms with E-state index in [1.807, 2.05) is 17.9 Å². The highest BCUT2D eigenvalue weighted by Gasteiger charge is 2.30. The van der Waals surface area contributed by atoms with Crippen LogP contribution >= 0.6 is 0 Å². The number of aromatic hydroxyl groups is 1. The van der Waals surface area contributed by atoms with Gasteiger partial charge in [0, 0.05) is 19.1 Å². The number of hydrogen-bond donors (Lipinski definition) is 2. The topological polar surface area (TPSA) is 52.6 Å². The van der Waals surface area contributed by atoms with Crippen LogP contribution in [0.2, 0.25) is 0 Å². The minimum Gasteiger partial charge on any atom is -0.507 e. The van der Waals surface area contributed by atoms with E-state index >= 15 is 0 Å². The third-order valence-electron chi connectivity index (χ3n) is 4.45. The smallest absolute Gasteiger partial charge is 0.257 e. The zero-order valence-electron chi connectivity index (χ0n) is 12.6. The number of phenols is 1. The highest BCUT2D eigenvalue weighted by Crippen LogP contribution is 2.31. The molecule has 1 aliphatic heterocycles. The average molecular weight is 288 g/mol. The SMILES string of the molecule is Cc1ccc(O)c(C(=O)N(CC2CC2)CC2CCCN2)c1. The molecule has 1 saturated heterocycles. The molecule has 0 spiro atoms. The first-order valence-corrected chi connectivity index (χ1v) is 7.96. The van der Waals surface area contributed by atoms with Gasteiger partial charge < -0.3 is 15.3 Å². The van der Waals surface area contributed by atoms with Crippen molar-refractivity contribution in [3.8, 4) is 5.75 Å². The predicted molar refractivity (Wildman–Crippen MR) is 82.5 cm³/mol. The van der Waals surface area contributed by atoms with Crippen molar-refractivity contribution in [1.29, 1.82) is 0 Å². The molecule has 114 valence electrons. The third kappa shape index (κ3) is 3.56. The molecule has 0 bridgehead atoms. The molecule has 2 fully saturated rings. The molecule has 4 nitrogen and oxygen atoms in total. The molecule has 1 saturated carbocycles. The highest BCUT2D eigenvalue weighted by molar-refractivity contribution is 5.97. The summed E-state index contributed by atoms with van der Waals surface area (Å²) in [7, 11) is 0. The van der Waals surface area contributed by atoms with Gasteiger partial charge in [0.05, 0.1) is 5.56 Å². The van der Waals surface area contributed by atoms with E-state index in [1.165, 1.54) is 19.3 Å². The van der Waals surface area contributed by atoms with Gasteiger partial charge in [0.1, 0.15) is 5.75 Å². The van der Waals surface area contributed by atoms with Gasteiger partial charge in [-0.3, -0.25) is 4.79 Å². The quantitative estimate of drug-likeness (QED) is 0.874. The van der Waals surface area contributed by atoms with E-state index in [0.29, 0.717) is 17.5 Å². The van der Waals surface area contributed by atoms with Gasteiger partial charge in [0.2, 0.25) is 0 Å². The normalized spacial score (nSPS) is 21.5. The molecule has 21 heavy (non-hydrogen) atoms. The molecule has 1 aliphatic carbocycles. The average Bonchev–Trinajstić information content (AvgIpc) is 3.13. The summed E-state index contributed by atoms with van der Waals surface area (Å²) in [6.07, 6.45) is 4.77. The van der Waals surface area contributed by atoms with Gasteiger partial charge in [-0.05, 0) is 57.2 Å². The third-order valence-corrected chi connectivity index (χ3v) is 4.45. The zero-order valence-corrected chi connectivity index (χ0v) is 12.6. The lowest BCUT2D eigenvalue weighted by Crippen LogP contribution is -2.42. The van der Waals surface area contributed by atoms with E-state index in [9.17, 15) is 9.90 Å². The van der Waals surface area contributed by atoms with Crippen molar-refractivity contribution in [2.75, 3.05) is 19.6 Å². The first kappa shape index (κ1) is 14.4. The standard InChI is InChI=1S/C17H24N2O2/c1-12-4-7-16(20)15(9-12)17(21)19(10-13-5-6-13)11-14-3-2-8-18-14/h4,7,9,13-14,18,20H,2-3,5-6,8,10-11H2,1H3. The molecule has 2 aliphatic rings. The summed E-state index contributed by atoms with van der Waals surface area (Å²) < 4.78 is 0. The molecular formula is C17H24N2O2. The second kappa shape index (κ2) is 6.06. The van der Waals surface area contributed by atoms with Crippen molar-refractivity contribution >= 4 is 5.91 Å². The maximum atomic E-state index is 12.8. The number of rotatable bonds is 5. The van der Waals surface area contributed by atoms with Crippen LogP contribution in [0, 0.1) is 12.8 Å². The fourth-order valence-electron chi connectivity index (χ4n) is 3.02. The molecule has 1 atom stereocenters. The fourth-order valence-corrected chi connectivity index (χ4v) is 3.02. The van der Waals surface area contributed by atoms with Gasteiger partial charge in [0.25, 0.3) is 5.91 Å². The summed E-state index contributed by atoms with van der Waals surface area (Å²) in [6.45, 7) is 4.57. The van der Waals surface area contributed by atoms with Gasteiger partial charge in [-0.15, -0.1) is 0 Å². The van der Waals surface area contributed by atoms with Crippen molar-refractivity contribution in [2.45, 2.75) is 38.6 Å². The number of phenolic OH excluding ortho intramolecular Hbond substituents is 1. The molecule has 1 aromatic rings. The maximum absolute atomic E-state index is 12.8. The second-order valence-corrected chi connectivity index (χ2v) is 6.47. The number of amides is 1. The van der Waals surface area contributed by atoms with Gasteiger partial charge >= 0.3 is 0 Å². The Morgan fingerprint density at radius 2 is 2.14 bits per heavy atom. The highest BCUT2D eigenvalue weighted by atomic mass is 16.3. The number of carbonyl (C=O) groups is 1. The number of nitrogens with zero attached hydrogens (tertiary/aromatic N) is 1. The maximum Gasteiger partial charge on any atom is 0.257 e. The van der Waals surface area contributed by atoms with E-state index in [4.69, 9.17) is 0 Å². The first-order chi connectivity index (χ1) is 10.1. The summed E-state index contributed by atoms with van der Waals surface area (Å²) in [4.78, 5) is 14.7. The van der Waals surface area contributed by atoms with Crippen LogP contribution in [0.3, 0.4) is 0 Å². The summed E-state index contributed by atoms with van der Waals surface area (Å²) in [5.74, 6) is 0.713. The number of nitrogens with one attached hydrogen (secondary N) is 1. The Kier molecular flexibility index (Phi) is 4.15. The van der Waals surface area contributed by atoms with E-state index in [-0.39, 0.29) is 11.7 Å². The van der Waals surface area contributed by atoms with E-state index in [2.05, 4.69) is 5.32 Å². The van der Waals surface area contributed by atoms with Crippen molar-refractivity contribution in [1.82, 2.24) is 10.2 Å². The van der Waals surface area contributed by atoms with Crippen LogP contribution in [0.25, 0.3) is 0 Å². The largest absolute Gasteiger partial charge is 0.507 e. The Balaban J connectivity index is 1.76. The monoisotopic (exact) mass is 288 g/mol. The number of benzene rings is 1. The first-order valence-electron chi connectivity index (χ1n) is 7.96. The van der Waals surface area contributed by atoms with Crippen LogP contribution in [-0.2, 0) is 0 Å².